The Hall–Kier alpha value is -2.14. The van der Waals surface area contributed by atoms with Gasteiger partial charge in [-0.05, 0) is 42.6 Å². The average molecular weight is 284 g/mol. The summed E-state index contributed by atoms with van der Waals surface area (Å²) in [6, 6.07) is 7.89. The van der Waals surface area contributed by atoms with E-state index in [2.05, 4.69) is 21.8 Å². The van der Waals surface area contributed by atoms with E-state index in [0.29, 0.717) is 6.54 Å². The van der Waals surface area contributed by atoms with Crippen LogP contribution in [0.1, 0.15) is 27.9 Å². The normalized spacial score (nSPS) is 13.7. The van der Waals surface area contributed by atoms with Gasteiger partial charge in [0.25, 0.3) is 5.91 Å². The molecule has 110 valence electrons. The number of hydrogen-bond donors (Lipinski definition) is 2. The lowest BCUT2D eigenvalue weighted by atomic mass is 9.95. The maximum atomic E-state index is 12.3. The summed E-state index contributed by atoms with van der Waals surface area (Å²) in [5.41, 5.74) is 3.26. The van der Waals surface area contributed by atoms with Gasteiger partial charge in [0, 0.05) is 37.6 Å². The van der Waals surface area contributed by atoms with Gasteiger partial charge in [-0.2, -0.15) is 5.10 Å². The first-order valence-electron chi connectivity index (χ1n) is 7.42. The quantitative estimate of drug-likeness (QED) is 0.815. The minimum atomic E-state index is 0.0363. The van der Waals surface area contributed by atoms with Crippen molar-refractivity contribution in [3.8, 4) is 0 Å². The molecule has 0 spiro atoms. The van der Waals surface area contributed by atoms with Crippen molar-refractivity contribution >= 4 is 5.91 Å². The van der Waals surface area contributed by atoms with Crippen molar-refractivity contribution in [2.24, 2.45) is 0 Å². The van der Waals surface area contributed by atoms with E-state index in [0.717, 1.165) is 38.0 Å². The SMILES string of the molecule is O=C(NCCCn1cccn1)c1cccc2c1CCNC2. The van der Waals surface area contributed by atoms with Crippen LogP contribution in [0.25, 0.3) is 0 Å². The molecule has 0 radical (unpaired) electrons. The van der Waals surface area contributed by atoms with Crippen LogP contribution >= 0.6 is 0 Å². The number of carbonyl (C=O) groups excluding carboxylic acids is 1. The summed E-state index contributed by atoms with van der Waals surface area (Å²) < 4.78 is 1.88. The van der Waals surface area contributed by atoms with Crippen LogP contribution in [0, 0.1) is 0 Å². The first-order chi connectivity index (χ1) is 10.3. The number of carbonyl (C=O) groups is 1. The Kier molecular flexibility index (Phi) is 4.31. The highest BCUT2D eigenvalue weighted by Crippen LogP contribution is 2.18. The standard InChI is InChI=1S/C16H20N4O/c21-16(18-7-2-10-20-11-3-8-19-20)15-5-1-4-13-12-17-9-6-14(13)15/h1,3-5,8,11,17H,2,6-7,9-10,12H2,(H,18,21). The Morgan fingerprint density at radius 2 is 2.33 bits per heavy atom. The molecule has 21 heavy (non-hydrogen) atoms. The lowest BCUT2D eigenvalue weighted by Crippen LogP contribution is -2.30. The third kappa shape index (κ3) is 3.31. The van der Waals surface area contributed by atoms with Crippen LogP contribution in [0.5, 0.6) is 0 Å². The van der Waals surface area contributed by atoms with E-state index in [9.17, 15) is 4.79 Å². The number of fused-ring (bicyclic) bond motifs is 1. The molecule has 5 nitrogen and oxygen atoms in total. The van der Waals surface area contributed by atoms with Gasteiger partial charge in [-0.3, -0.25) is 9.48 Å². The molecule has 0 aliphatic carbocycles. The maximum absolute atomic E-state index is 12.3. The molecule has 2 aromatic rings. The second kappa shape index (κ2) is 6.54. The van der Waals surface area contributed by atoms with Gasteiger partial charge in [0.15, 0.2) is 0 Å². The molecular formula is C16H20N4O. The van der Waals surface area contributed by atoms with Crippen LogP contribution in [-0.2, 0) is 19.5 Å². The van der Waals surface area contributed by atoms with Crippen molar-refractivity contribution in [2.75, 3.05) is 13.1 Å². The smallest absolute Gasteiger partial charge is 0.251 e. The zero-order chi connectivity index (χ0) is 14.5. The summed E-state index contributed by atoms with van der Waals surface area (Å²) in [6.07, 6.45) is 5.50. The van der Waals surface area contributed by atoms with Crippen LogP contribution < -0.4 is 10.6 Å². The van der Waals surface area contributed by atoms with Crippen LogP contribution in [-0.4, -0.2) is 28.8 Å². The first kappa shape index (κ1) is 13.8. The molecule has 1 aliphatic heterocycles. The summed E-state index contributed by atoms with van der Waals surface area (Å²) >= 11 is 0. The molecule has 0 saturated carbocycles. The fourth-order valence-electron chi connectivity index (χ4n) is 2.72. The van der Waals surface area contributed by atoms with E-state index < -0.39 is 0 Å². The van der Waals surface area contributed by atoms with Crippen LogP contribution in [0.4, 0.5) is 0 Å². The van der Waals surface area contributed by atoms with Crippen molar-refractivity contribution in [2.45, 2.75) is 25.9 Å². The lowest BCUT2D eigenvalue weighted by molar-refractivity contribution is 0.0951. The van der Waals surface area contributed by atoms with E-state index in [1.807, 2.05) is 29.1 Å². The minimum Gasteiger partial charge on any atom is -0.352 e. The zero-order valence-electron chi connectivity index (χ0n) is 12.0. The summed E-state index contributed by atoms with van der Waals surface area (Å²) in [5.74, 6) is 0.0363. The van der Waals surface area contributed by atoms with E-state index in [-0.39, 0.29) is 5.91 Å². The van der Waals surface area contributed by atoms with E-state index >= 15 is 0 Å². The Morgan fingerprint density at radius 1 is 1.38 bits per heavy atom. The monoisotopic (exact) mass is 284 g/mol. The van der Waals surface area contributed by atoms with E-state index in [4.69, 9.17) is 0 Å². The molecule has 0 fully saturated rings. The highest BCUT2D eigenvalue weighted by Gasteiger charge is 2.16. The molecule has 1 aromatic heterocycles. The van der Waals surface area contributed by atoms with Gasteiger partial charge < -0.3 is 10.6 Å². The summed E-state index contributed by atoms with van der Waals surface area (Å²) in [4.78, 5) is 12.3. The number of aromatic nitrogens is 2. The Balaban J connectivity index is 1.56. The zero-order valence-corrected chi connectivity index (χ0v) is 12.0. The van der Waals surface area contributed by atoms with Crippen molar-refractivity contribution in [3.63, 3.8) is 0 Å². The van der Waals surface area contributed by atoms with Gasteiger partial charge in [-0.25, -0.2) is 0 Å². The fourth-order valence-corrected chi connectivity index (χ4v) is 2.72. The van der Waals surface area contributed by atoms with Gasteiger partial charge in [-0.1, -0.05) is 12.1 Å². The predicted molar refractivity (Wildman–Crippen MR) is 81.0 cm³/mol. The fraction of sp³-hybridized carbons (Fsp3) is 0.375. The Labute approximate surface area is 124 Å². The van der Waals surface area contributed by atoms with Crippen molar-refractivity contribution < 1.29 is 4.79 Å². The van der Waals surface area contributed by atoms with Gasteiger partial charge in [-0.15, -0.1) is 0 Å². The molecule has 1 aromatic carbocycles. The molecular weight excluding hydrogens is 264 g/mol. The molecule has 0 saturated heterocycles. The van der Waals surface area contributed by atoms with Crippen molar-refractivity contribution in [1.29, 1.82) is 0 Å². The first-order valence-corrected chi connectivity index (χ1v) is 7.42. The topological polar surface area (TPSA) is 59.0 Å². The molecule has 5 heteroatoms. The number of nitrogens with zero attached hydrogens (tertiary/aromatic N) is 2. The Bertz CT molecular complexity index is 607. The highest BCUT2D eigenvalue weighted by atomic mass is 16.1. The number of aryl methyl sites for hydroxylation is 1. The molecule has 0 atom stereocenters. The average Bonchev–Trinajstić information content (AvgIpc) is 3.04. The number of benzene rings is 1. The second-order valence-electron chi connectivity index (χ2n) is 5.25. The molecule has 0 bridgehead atoms. The molecule has 1 amide bonds. The van der Waals surface area contributed by atoms with Gasteiger partial charge in [0.1, 0.15) is 0 Å². The van der Waals surface area contributed by atoms with Crippen molar-refractivity contribution in [1.82, 2.24) is 20.4 Å². The molecule has 0 unspecified atom stereocenters. The second-order valence-corrected chi connectivity index (χ2v) is 5.25. The molecule has 1 aliphatic rings. The van der Waals surface area contributed by atoms with Gasteiger partial charge >= 0.3 is 0 Å². The number of nitrogens with one attached hydrogen (secondary N) is 2. The number of amides is 1. The number of rotatable bonds is 5. The largest absolute Gasteiger partial charge is 0.352 e. The van der Waals surface area contributed by atoms with E-state index in [1.54, 1.807) is 6.20 Å². The van der Waals surface area contributed by atoms with Gasteiger partial charge in [0.05, 0.1) is 0 Å². The third-order valence-electron chi connectivity index (χ3n) is 3.79. The van der Waals surface area contributed by atoms with Crippen LogP contribution in [0.3, 0.4) is 0 Å². The highest BCUT2D eigenvalue weighted by molar-refractivity contribution is 5.96. The number of hydrogen-bond acceptors (Lipinski definition) is 3. The van der Waals surface area contributed by atoms with Gasteiger partial charge in [0.2, 0.25) is 0 Å². The summed E-state index contributed by atoms with van der Waals surface area (Å²) in [7, 11) is 0. The van der Waals surface area contributed by atoms with Crippen LogP contribution in [0.15, 0.2) is 36.7 Å². The molecule has 2 heterocycles. The summed E-state index contributed by atoms with van der Waals surface area (Å²) in [6.45, 7) is 3.29. The lowest BCUT2D eigenvalue weighted by Gasteiger charge is -2.19. The molecule has 3 rings (SSSR count). The third-order valence-corrected chi connectivity index (χ3v) is 3.79. The van der Waals surface area contributed by atoms with Crippen molar-refractivity contribution in [3.05, 3.63) is 53.3 Å². The predicted octanol–water partition coefficient (Wildman–Crippen LogP) is 1.35. The maximum Gasteiger partial charge on any atom is 0.251 e. The molecule has 2 N–H and O–H groups in total. The summed E-state index contributed by atoms with van der Waals surface area (Å²) in [5, 5.41) is 10.5. The Morgan fingerprint density at radius 3 is 3.19 bits per heavy atom. The van der Waals surface area contributed by atoms with E-state index in [1.165, 1.54) is 11.1 Å². The van der Waals surface area contributed by atoms with Crippen LogP contribution in [0.2, 0.25) is 0 Å². The minimum absolute atomic E-state index is 0.0363.